The van der Waals surface area contributed by atoms with Gasteiger partial charge in [0.2, 0.25) is 0 Å². The molecular weight excluding hydrogens is 131 g/mol. The van der Waals surface area contributed by atoms with Crippen molar-refractivity contribution in [2.45, 2.75) is 27.2 Å². The van der Waals surface area contributed by atoms with Crippen molar-refractivity contribution < 1.29 is 4.52 Å². The van der Waals surface area contributed by atoms with Gasteiger partial charge in [-0.15, -0.1) is 0 Å². The van der Waals surface area contributed by atoms with Gasteiger partial charge < -0.3 is 4.52 Å². The van der Waals surface area contributed by atoms with Crippen LogP contribution >= 0.6 is 8.15 Å². The lowest BCUT2D eigenvalue weighted by molar-refractivity contribution is 0.380. The lowest BCUT2D eigenvalue weighted by Gasteiger charge is -2.11. The van der Waals surface area contributed by atoms with Gasteiger partial charge in [0.15, 0.2) is 0 Å². The van der Waals surface area contributed by atoms with E-state index in [-0.39, 0.29) is 8.15 Å². The van der Waals surface area contributed by atoms with E-state index in [0.717, 1.165) is 19.2 Å². The van der Waals surface area contributed by atoms with E-state index < -0.39 is 0 Å². The molecule has 0 N–H and O–H groups in total. The molecule has 0 aromatic rings. The molecule has 0 aromatic heterocycles. The Kier molecular flexibility index (Phi) is 6.79. The third-order valence-electron chi connectivity index (χ3n) is 0.993. The number of hydrogen-bond acceptors (Lipinski definition) is 1. The summed E-state index contributed by atoms with van der Waals surface area (Å²) in [6.07, 6.45) is 4.58. The molecule has 1 radical (unpaired) electrons. The molecule has 0 aliphatic rings. The first-order valence-corrected chi connectivity index (χ1v) is 5.09. The smallest absolute Gasteiger partial charge is 0.0480 e. The first-order chi connectivity index (χ1) is 4.35. The van der Waals surface area contributed by atoms with Crippen LogP contribution in [0.15, 0.2) is 0 Å². The highest BCUT2D eigenvalue weighted by atomic mass is 31.1. The van der Waals surface area contributed by atoms with Gasteiger partial charge in [-0.2, -0.15) is 0 Å². The zero-order chi connectivity index (χ0) is 7.11. The Hall–Kier alpha value is 0.390. The highest BCUT2D eigenvalue weighted by Crippen LogP contribution is 2.40. The van der Waals surface area contributed by atoms with Crippen molar-refractivity contribution in [3.05, 3.63) is 6.16 Å². The lowest BCUT2D eigenvalue weighted by atomic mass is 10.6. The van der Waals surface area contributed by atoms with E-state index in [4.69, 9.17) is 4.52 Å². The molecule has 0 aliphatic carbocycles. The van der Waals surface area contributed by atoms with Crippen LogP contribution in [-0.2, 0) is 4.52 Å². The minimum absolute atomic E-state index is 0.184. The van der Waals surface area contributed by atoms with Crippen molar-refractivity contribution >= 4 is 8.15 Å². The van der Waals surface area contributed by atoms with Crippen LogP contribution in [0.2, 0.25) is 0 Å². The normalized spacial score (nSPS) is 13.7. The molecule has 0 aliphatic heterocycles. The Bertz CT molecular complexity index is 50.9. The summed E-state index contributed by atoms with van der Waals surface area (Å²) in [4.78, 5) is 0. The maximum Gasteiger partial charge on any atom is 0.0480 e. The van der Waals surface area contributed by atoms with Gasteiger partial charge in [-0.3, -0.25) is 0 Å². The second-order valence-electron chi connectivity index (χ2n) is 1.74. The third kappa shape index (κ3) is 4.87. The van der Waals surface area contributed by atoms with E-state index >= 15 is 0 Å². The summed E-state index contributed by atoms with van der Waals surface area (Å²) in [6, 6.07) is 0. The second-order valence-corrected chi connectivity index (χ2v) is 3.83. The molecule has 0 bridgehead atoms. The van der Waals surface area contributed by atoms with Crippen molar-refractivity contribution in [3.8, 4) is 0 Å². The lowest BCUT2D eigenvalue weighted by Crippen LogP contribution is -1.86. The van der Waals surface area contributed by atoms with Crippen molar-refractivity contribution in [2.24, 2.45) is 0 Å². The Labute approximate surface area is 59.6 Å². The number of hydrogen-bond donors (Lipinski definition) is 0. The molecule has 0 rings (SSSR count). The SMILES string of the molecule is CC[CH]P(CC)OCC. The molecule has 1 unspecified atom stereocenters. The summed E-state index contributed by atoms with van der Waals surface area (Å²) in [6.45, 7) is 7.24. The summed E-state index contributed by atoms with van der Waals surface area (Å²) < 4.78 is 5.44. The van der Waals surface area contributed by atoms with Gasteiger partial charge in [-0.05, 0) is 19.5 Å². The van der Waals surface area contributed by atoms with E-state index in [1.54, 1.807) is 0 Å². The largest absolute Gasteiger partial charge is 0.359 e. The monoisotopic (exact) mass is 147 g/mol. The van der Waals surface area contributed by atoms with Crippen LogP contribution in [0, 0.1) is 6.16 Å². The Balaban J connectivity index is 3.18. The van der Waals surface area contributed by atoms with Crippen LogP contribution in [0.5, 0.6) is 0 Å². The van der Waals surface area contributed by atoms with Gasteiger partial charge in [-0.25, -0.2) is 0 Å². The Morgan fingerprint density at radius 1 is 1.33 bits per heavy atom. The van der Waals surface area contributed by atoms with E-state index in [2.05, 4.69) is 26.9 Å². The highest BCUT2D eigenvalue weighted by molar-refractivity contribution is 7.54. The predicted molar refractivity (Wildman–Crippen MR) is 43.7 cm³/mol. The molecule has 0 saturated heterocycles. The van der Waals surface area contributed by atoms with E-state index in [0.29, 0.717) is 0 Å². The topological polar surface area (TPSA) is 9.23 Å². The standard InChI is InChI=1S/C7H16OP/c1-4-7-9(6-3)8-5-2/h7H,4-6H2,1-3H3. The van der Waals surface area contributed by atoms with Crippen LogP contribution in [-0.4, -0.2) is 12.8 Å². The maximum atomic E-state index is 5.44. The van der Waals surface area contributed by atoms with Gasteiger partial charge in [0.05, 0.1) is 0 Å². The first kappa shape index (κ1) is 9.39. The van der Waals surface area contributed by atoms with Crippen LogP contribution in [0.3, 0.4) is 0 Å². The molecule has 1 atom stereocenters. The van der Waals surface area contributed by atoms with Crippen LogP contribution < -0.4 is 0 Å². The van der Waals surface area contributed by atoms with Gasteiger partial charge >= 0.3 is 0 Å². The summed E-state index contributed by atoms with van der Waals surface area (Å²) >= 11 is 0. The van der Waals surface area contributed by atoms with Crippen molar-refractivity contribution in [2.75, 3.05) is 12.8 Å². The molecule has 0 amide bonds. The van der Waals surface area contributed by atoms with Crippen LogP contribution in [0.25, 0.3) is 0 Å². The van der Waals surface area contributed by atoms with E-state index in [1.807, 2.05) is 0 Å². The minimum atomic E-state index is -0.184. The molecule has 2 heteroatoms. The minimum Gasteiger partial charge on any atom is -0.359 e. The molecule has 9 heavy (non-hydrogen) atoms. The summed E-state index contributed by atoms with van der Waals surface area (Å²) in [5.41, 5.74) is 0. The van der Waals surface area contributed by atoms with Crippen molar-refractivity contribution in [1.29, 1.82) is 0 Å². The van der Waals surface area contributed by atoms with Gasteiger partial charge in [0.25, 0.3) is 0 Å². The Morgan fingerprint density at radius 3 is 2.33 bits per heavy atom. The van der Waals surface area contributed by atoms with Crippen LogP contribution in [0.4, 0.5) is 0 Å². The zero-order valence-electron chi connectivity index (χ0n) is 6.55. The fourth-order valence-corrected chi connectivity index (χ4v) is 1.93. The van der Waals surface area contributed by atoms with Crippen molar-refractivity contribution in [3.63, 3.8) is 0 Å². The summed E-state index contributed by atoms with van der Waals surface area (Å²) in [5.74, 6) is 0. The predicted octanol–water partition coefficient (Wildman–Crippen LogP) is 3.01. The third-order valence-corrected chi connectivity index (χ3v) is 2.98. The molecule has 0 fully saturated rings. The quantitative estimate of drug-likeness (QED) is 0.543. The first-order valence-electron chi connectivity index (χ1n) is 3.58. The molecule has 0 aromatic carbocycles. The molecule has 0 heterocycles. The molecule has 55 valence electrons. The number of rotatable bonds is 5. The summed E-state index contributed by atoms with van der Waals surface area (Å²) in [7, 11) is -0.184. The molecule has 0 spiro atoms. The average molecular weight is 147 g/mol. The van der Waals surface area contributed by atoms with Crippen molar-refractivity contribution in [1.82, 2.24) is 0 Å². The molecule has 0 saturated carbocycles. The Morgan fingerprint density at radius 2 is 2.00 bits per heavy atom. The van der Waals surface area contributed by atoms with E-state index in [1.165, 1.54) is 0 Å². The van der Waals surface area contributed by atoms with Gasteiger partial charge in [0.1, 0.15) is 0 Å². The average Bonchev–Trinajstić information content (AvgIpc) is 1.88. The molecular formula is C7H16OP. The zero-order valence-corrected chi connectivity index (χ0v) is 7.45. The fourth-order valence-electron chi connectivity index (χ4n) is 0.643. The van der Waals surface area contributed by atoms with Gasteiger partial charge in [-0.1, -0.05) is 13.8 Å². The van der Waals surface area contributed by atoms with Crippen LogP contribution in [0.1, 0.15) is 27.2 Å². The van der Waals surface area contributed by atoms with E-state index in [9.17, 15) is 0 Å². The second kappa shape index (κ2) is 6.51. The highest BCUT2D eigenvalue weighted by Gasteiger charge is 2.01. The fraction of sp³-hybridized carbons (Fsp3) is 0.857. The maximum absolute atomic E-state index is 5.44. The summed E-state index contributed by atoms with van der Waals surface area (Å²) in [5, 5.41) is 0. The van der Waals surface area contributed by atoms with Gasteiger partial charge in [0, 0.05) is 20.9 Å². The molecule has 1 nitrogen and oxygen atoms in total.